The van der Waals surface area contributed by atoms with Gasteiger partial charge in [0.15, 0.2) is 17.1 Å². The number of hydrogen-bond donors (Lipinski definition) is 0. The molecule has 3 rings (SSSR count). The highest BCUT2D eigenvalue weighted by atomic mass is 79.9. The van der Waals surface area contributed by atoms with Crippen LogP contribution in [0.4, 0.5) is 0 Å². The first-order chi connectivity index (χ1) is 10.2. The number of methoxy groups -OCH3 is 2. The number of oxazole rings is 1. The van der Waals surface area contributed by atoms with E-state index < -0.39 is 0 Å². The molecule has 0 fully saturated rings. The van der Waals surface area contributed by atoms with E-state index in [2.05, 4.69) is 20.9 Å². The number of hydrogen-bond acceptors (Lipinski definition) is 4. The maximum Gasteiger partial charge on any atom is 0.227 e. The zero-order valence-electron chi connectivity index (χ0n) is 11.7. The molecule has 0 saturated heterocycles. The van der Waals surface area contributed by atoms with E-state index in [1.165, 1.54) is 0 Å². The summed E-state index contributed by atoms with van der Waals surface area (Å²) in [6.07, 6.45) is 0. The molecule has 0 amide bonds. The van der Waals surface area contributed by atoms with Gasteiger partial charge in [-0.25, -0.2) is 4.98 Å². The van der Waals surface area contributed by atoms with E-state index >= 15 is 0 Å². The van der Waals surface area contributed by atoms with Crippen LogP contribution in [0, 0.1) is 0 Å². The van der Waals surface area contributed by atoms with Crippen LogP contribution in [0.1, 0.15) is 5.56 Å². The molecule has 0 radical (unpaired) electrons. The van der Waals surface area contributed by atoms with Gasteiger partial charge in [0.1, 0.15) is 5.52 Å². The van der Waals surface area contributed by atoms with Crippen LogP contribution in [0.25, 0.3) is 22.6 Å². The number of fused-ring (bicyclic) bond motifs is 1. The fourth-order valence-electron chi connectivity index (χ4n) is 2.15. The Morgan fingerprint density at radius 2 is 1.86 bits per heavy atom. The van der Waals surface area contributed by atoms with Gasteiger partial charge in [0.05, 0.1) is 14.2 Å². The van der Waals surface area contributed by atoms with Gasteiger partial charge in [0, 0.05) is 10.9 Å². The Morgan fingerprint density at radius 3 is 2.57 bits per heavy atom. The molecule has 108 valence electrons. The summed E-state index contributed by atoms with van der Waals surface area (Å²) >= 11 is 3.44. The normalized spacial score (nSPS) is 10.8. The average Bonchev–Trinajstić information content (AvgIpc) is 2.96. The van der Waals surface area contributed by atoms with Crippen LogP contribution < -0.4 is 9.47 Å². The number of halogens is 1. The van der Waals surface area contributed by atoms with Crippen LogP contribution in [0.3, 0.4) is 0 Å². The molecule has 0 bridgehead atoms. The van der Waals surface area contributed by atoms with Crippen LogP contribution in [-0.4, -0.2) is 19.2 Å². The monoisotopic (exact) mass is 347 g/mol. The van der Waals surface area contributed by atoms with Crippen molar-refractivity contribution in [2.75, 3.05) is 14.2 Å². The molecule has 0 aliphatic rings. The van der Waals surface area contributed by atoms with Crippen molar-refractivity contribution in [3.63, 3.8) is 0 Å². The summed E-state index contributed by atoms with van der Waals surface area (Å²) in [5, 5.41) is 0.793. The lowest BCUT2D eigenvalue weighted by Crippen LogP contribution is -1.90. The second-order valence-corrected chi connectivity index (χ2v) is 5.09. The van der Waals surface area contributed by atoms with Crippen molar-refractivity contribution in [1.29, 1.82) is 0 Å². The van der Waals surface area contributed by atoms with Gasteiger partial charge in [-0.05, 0) is 35.9 Å². The van der Waals surface area contributed by atoms with Crippen molar-refractivity contribution in [2.45, 2.75) is 5.33 Å². The molecule has 4 nitrogen and oxygen atoms in total. The van der Waals surface area contributed by atoms with Gasteiger partial charge < -0.3 is 13.9 Å². The van der Waals surface area contributed by atoms with Gasteiger partial charge in [-0.15, -0.1) is 0 Å². The minimum absolute atomic E-state index is 0.567. The summed E-state index contributed by atoms with van der Waals surface area (Å²) in [6.45, 7) is 0. The Kier molecular flexibility index (Phi) is 3.84. The summed E-state index contributed by atoms with van der Waals surface area (Å²) in [5.41, 5.74) is 3.63. The fraction of sp³-hybridized carbons (Fsp3) is 0.188. The minimum Gasteiger partial charge on any atom is -0.493 e. The van der Waals surface area contributed by atoms with E-state index in [1.807, 2.05) is 36.4 Å². The molecule has 0 saturated carbocycles. The van der Waals surface area contributed by atoms with Crippen LogP contribution in [0.15, 0.2) is 40.8 Å². The molecule has 1 aromatic heterocycles. The Balaban J connectivity index is 2.07. The molecule has 0 aliphatic carbocycles. The number of aromatic nitrogens is 1. The number of nitrogens with zero attached hydrogens (tertiary/aromatic N) is 1. The molecule has 0 unspecified atom stereocenters. The Hall–Kier alpha value is -2.01. The topological polar surface area (TPSA) is 44.5 Å². The lowest BCUT2D eigenvalue weighted by Gasteiger charge is -2.07. The Labute approximate surface area is 130 Å². The van der Waals surface area contributed by atoms with E-state index in [0.717, 1.165) is 27.6 Å². The van der Waals surface area contributed by atoms with Crippen molar-refractivity contribution < 1.29 is 13.9 Å². The minimum atomic E-state index is 0.567. The fourth-order valence-corrected chi connectivity index (χ4v) is 2.50. The van der Waals surface area contributed by atoms with Crippen molar-refractivity contribution in [3.05, 3.63) is 42.0 Å². The molecule has 0 aliphatic heterocycles. The molecule has 2 aromatic carbocycles. The zero-order chi connectivity index (χ0) is 14.8. The highest BCUT2D eigenvalue weighted by Gasteiger charge is 2.12. The maximum atomic E-state index is 5.80. The van der Waals surface area contributed by atoms with Gasteiger partial charge in [-0.3, -0.25) is 0 Å². The van der Waals surface area contributed by atoms with Crippen molar-refractivity contribution >= 4 is 27.0 Å². The summed E-state index contributed by atoms with van der Waals surface area (Å²) < 4.78 is 16.3. The molecule has 0 atom stereocenters. The predicted octanol–water partition coefficient (Wildman–Crippen LogP) is 4.41. The summed E-state index contributed by atoms with van der Waals surface area (Å²) in [4.78, 5) is 4.54. The lowest BCUT2D eigenvalue weighted by atomic mass is 10.2. The predicted molar refractivity (Wildman–Crippen MR) is 85.2 cm³/mol. The Morgan fingerprint density at radius 1 is 1.05 bits per heavy atom. The third-order valence-electron chi connectivity index (χ3n) is 3.24. The number of ether oxygens (including phenoxy) is 2. The number of rotatable bonds is 4. The smallest absolute Gasteiger partial charge is 0.227 e. The number of benzene rings is 2. The van der Waals surface area contributed by atoms with Crippen molar-refractivity contribution in [3.8, 4) is 23.0 Å². The van der Waals surface area contributed by atoms with Gasteiger partial charge in [-0.2, -0.15) is 0 Å². The molecular formula is C16H14BrNO3. The van der Waals surface area contributed by atoms with Gasteiger partial charge >= 0.3 is 0 Å². The average molecular weight is 348 g/mol. The van der Waals surface area contributed by atoms with Crippen LogP contribution in [-0.2, 0) is 5.33 Å². The van der Waals surface area contributed by atoms with Crippen molar-refractivity contribution in [1.82, 2.24) is 4.98 Å². The SMILES string of the molecule is COc1ccc(-c2nc3cc(CBr)ccc3o2)cc1OC. The first-order valence-corrected chi connectivity index (χ1v) is 7.55. The van der Waals surface area contributed by atoms with E-state index in [9.17, 15) is 0 Å². The molecular weight excluding hydrogens is 334 g/mol. The quantitative estimate of drug-likeness (QED) is 0.656. The summed E-state index contributed by atoms with van der Waals surface area (Å²) in [7, 11) is 3.22. The van der Waals surface area contributed by atoms with Crippen LogP contribution in [0.5, 0.6) is 11.5 Å². The second-order valence-electron chi connectivity index (χ2n) is 4.52. The van der Waals surface area contributed by atoms with E-state index in [1.54, 1.807) is 14.2 Å². The highest BCUT2D eigenvalue weighted by Crippen LogP contribution is 2.33. The first-order valence-electron chi connectivity index (χ1n) is 6.43. The lowest BCUT2D eigenvalue weighted by molar-refractivity contribution is 0.355. The standard InChI is InChI=1S/C16H14BrNO3/c1-19-14-6-4-11(8-15(14)20-2)16-18-12-7-10(9-17)3-5-13(12)21-16/h3-8H,9H2,1-2H3. The second kappa shape index (κ2) is 5.77. The highest BCUT2D eigenvalue weighted by molar-refractivity contribution is 9.08. The number of alkyl halides is 1. The summed E-state index contributed by atoms with van der Waals surface area (Å²) in [6, 6.07) is 11.6. The first kappa shape index (κ1) is 13.9. The third-order valence-corrected chi connectivity index (χ3v) is 3.88. The van der Waals surface area contributed by atoms with E-state index in [-0.39, 0.29) is 0 Å². The third kappa shape index (κ3) is 2.61. The largest absolute Gasteiger partial charge is 0.493 e. The van der Waals surface area contributed by atoms with Gasteiger partial charge in [0.25, 0.3) is 0 Å². The summed E-state index contributed by atoms with van der Waals surface area (Å²) in [5.74, 6) is 1.90. The Bertz CT molecular complexity index is 782. The zero-order valence-corrected chi connectivity index (χ0v) is 13.3. The van der Waals surface area contributed by atoms with Crippen LogP contribution in [0.2, 0.25) is 0 Å². The van der Waals surface area contributed by atoms with E-state index in [4.69, 9.17) is 13.9 Å². The molecule has 21 heavy (non-hydrogen) atoms. The van der Waals surface area contributed by atoms with Crippen LogP contribution >= 0.6 is 15.9 Å². The molecule has 0 N–H and O–H groups in total. The molecule has 1 heterocycles. The molecule has 3 aromatic rings. The molecule has 0 spiro atoms. The maximum absolute atomic E-state index is 5.80. The van der Waals surface area contributed by atoms with Crippen molar-refractivity contribution in [2.24, 2.45) is 0 Å². The van der Waals surface area contributed by atoms with Gasteiger partial charge in [-0.1, -0.05) is 22.0 Å². The van der Waals surface area contributed by atoms with Gasteiger partial charge in [0.2, 0.25) is 5.89 Å². The molecule has 5 heteroatoms. The van der Waals surface area contributed by atoms with E-state index in [0.29, 0.717) is 17.4 Å².